The van der Waals surface area contributed by atoms with Crippen LogP contribution in [0.4, 0.5) is 0 Å². The molecule has 2 aromatic heterocycles. The zero-order valence-electron chi connectivity index (χ0n) is 8.15. The highest BCUT2D eigenvalue weighted by atomic mass is 15.1. The second kappa shape index (κ2) is 2.83. The Morgan fingerprint density at radius 3 is 2.77 bits per heavy atom. The van der Waals surface area contributed by atoms with Crippen molar-refractivity contribution < 1.29 is 0 Å². The van der Waals surface area contributed by atoms with Crippen LogP contribution in [0.5, 0.6) is 0 Å². The number of fused-ring (bicyclic) bond motifs is 1. The largest absolute Gasteiger partial charge is 0.313 e. The number of imidazole rings is 1. The first-order valence-corrected chi connectivity index (χ1v) is 4.47. The second-order valence-electron chi connectivity index (χ2n) is 3.60. The summed E-state index contributed by atoms with van der Waals surface area (Å²) in [6, 6.07) is 2.47. The smallest absolute Gasteiger partial charge is 0.160 e. The number of hydrogen-bond donors (Lipinski definition) is 0. The first-order chi connectivity index (χ1) is 6.18. The van der Waals surface area contributed by atoms with E-state index in [1.807, 2.05) is 19.4 Å². The van der Waals surface area contributed by atoms with Crippen molar-refractivity contribution in [3.05, 3.63) is 24.2 Å². The van der Waals surface area contributed by atoms with E-state index in [0.717, 1.165) is 16.7 Å². The number of pyridine rings is 1. The first-order valence-electron chi connectivity index (χ1n) is 4.47. The monoisotopic (exact) mass is 175 g/mol. The molecule has 68 valence electrons. The second-order valence-corrected chi connectivity index (χ2v) is 3.60. The summed E-state index contributed by atoms with van der Waals surface area (Å²) in [5, 5.41) is 0. The van der Waals surface area contributed by atoms with Crippen molar-refractivity contribution in [1.82, 2.24) is 14.5 Å². The van der Waals surface area contributed by atoms with Gasteiger partial charge in [0.25, 0.3) is 0 Å². The number of aryl methyl sites for hydroxylation is 1. The van der Waals surface area contributed by atoms with Crippen molar-refractivity contribution in [2.75, 3.05) is 0 Å². The zero-order chi connectivity index (χ0) is 9.42. The van der Waals surface area contributed by atoms with Crippen LogP contribution in [-0.2, 0) is 0 Å². The predicted octanol–water partition coefficient (Wildman–Crippen LogP) is 2.32. The molecule has 0 bridgehead atoms. The van der Waals surface area contributed by atoms with Gasteiger partial charge in [0.2, 0.25) is 0 Å². The van der Waals surface area contributed by atoms with Crippen LogP contribution < -0.4 is 0 Å². The van der Waals surface area contributed by atoms with E-state index < -0.39 is 0 Å². The van der Waals surface area contributed by atoms with Crippen LogP contribution in [0, 0.1) is 6.92 Å². The van der Waals surface area contributed by atoms with Crippen LogP contribution in [0.3, 0.4) is 0 Å². The van der Waals surface area contributed by atoms with Gasteiger partial charge in [0, 0.05) is 12.2 Å². The number of hydrogen-bond acceptors (Lipinski definition) is 2. The fourth-order valence-electron chi connectivity index (χ4n) is 1.40. The topological polar surface area (TPSA) is 30.7 Å². The predicted molar refractivity (Wildman–Crippen MR) is 52.7 cm³/mol. The summed E-state index contributed by atoms with van der Waals surface area (Å²) in [5.74, 6) is 0. The summed E-state index contributed by atoms with van der Waals surface area (Å²) in [6.07, 6.45) is 3.73. The van der Waals surface area contributed by atoms with Gasteiger partial charge in [0.05, 0.1) is 6.33 Å². The molecule has 0 unspecified atom stereocenters. The van der Waals surface area contributed by atoms with Crippen molar-refractivity contribution >= 4 is 11.2 Å². The van der Waals surface area contributed by atoms with Crippen LogP contribution in [0.15, 0.2) is 18.6 Å². The van der Waals surface area contributed by atoms with Gasteiger partial charge in [0.1, 0.15) is 5.52 Å². The molecule has 0 spiro atoms. The summed E-state index contributed by atoms with van der Waals surface area (Å²) < 4.78 is 2.08. The third-order valence-electron chi connectivity index (χ3n) is 2.11. The Hall–Kier alpha value is -1.38. The number of aromatic nitrogens is 3. The molecule has 0 radical (unpaired) electrons. The maximum atomic E-state index is 4.36. The molecule has 0 amide bonds. The summed E-state index contributed by atoms with van der Waals surface area (Å²) in [4.78, 5) is 8.66. The molecule has 0 saturated heterocycles. The van der Waals surface area contributed by atoms with Gasteiger partial charge in [-0.3, -0.25) is 0 Å². The van der Waals surface area contributed by atoms with Gasteiger partial charge < -0.3 is 4.57 Å². The van der Waals surface area contributed by atoms with Crippen molar-refractivity contribution in [3.63, 3.8) is 0 Å². The maximum Gasteiger partial charge on any atom is 0.160 e. The summed E-state index contributed by atoms with van der Waals surface area (Å²) in [6.45, 7) is 6.28. The summed E-state index contributed by atoms with van der Waals surface area (Å²) in [5.41, 5.74) is 3.11. The van der Waals surface area contributed by atoms with Crippen LogP contribution >= 0.6 is 0 Å². The van der Waals surface area contributed by atoms with E-state index in [1.54, 1.807) is 0 Å². The van der Waals surface area contributed by atoms with Crippen molar-refractivity contribution in [1.29, 1.82) is 0 Å². The third-order valence-corrected chi connectivity index (χ3v) is 2.11. The van der Waals surface area contributed by atoms with E-state index in [0.29, 0.717) is 6.04 Å². The van der Waals surface area contributed by atoms with E-state index in [2.05, 4.69) is 34.4 Å². The highest BCUT2D eigenvalue weighted by Gasteiger charge is 2.05. The van der Waals surface area contributed by atoms with E-state index in [4.69, 9.17) is 0 Å². The van der Waals surface area contributed by atoms with E-state index in [-0.39, 0.29) is 0 Å². The molecule has 0 atom stereocenters. The Bertz CT molecular complexity index is 429. The van der Waals surface area contributed by atoms with Crippen molar-refractivity contribution in [2.45, 2.75) is 26.8 Å². The lowest BCUT2D eigenvalue weighted by molar-refractivity contribution is 0.613. The number of nitrogens with zero attached hydrogens (tertiary/aromatic N) is 3. The van der Waals surface area contributed by atoms with Gasteiger partial charge in [-0.05, 0) is 32.4 Å². The fourth-order valence-corrected chi connectivity index (χ4v) is 1.40. The Morgan fingerprint density at radius 1 is 1.31 bits per heavy atom. The highest BCUT2D eigenvalue weighted by Crippen LogP contribution is 2.15. The van der Waals surface area contributed by atoms with Gasteiger partial charge in [0.15, 0.2) is 5.65 Å². The standard InChI is InChI=1S/C10H13N3/c1-7(2)13-6-12-9-4-8(3)5-11-10(9)13/h4-7H,1-3H3. The van der Waals surface area contributed by atoms with Crippen LogP contribution in [0.25, 0.3) is 11.2 Å². The lowest BCUT2D eigenvalue weighted by atomic mass is 10.3. The zero-order valence-corrected chi connectivity index (χ0v) is 8.15. The molecule has 0 N–H and O–H groups in total. The Labute approximate surface area is 77.4 Å². The van der Waals surface area contributed by atoms with Crippen LogP contribution in [-0.4, -0.2) is 14.5 Å². The SMILES string of the molecule is Cc1cnc2c(c1)ncn2C(C)C. The van der Waals surface area contributed by atoms with E-state index >= 15 is 0 Å². The average Bonchev–Trinajstić information content (AvgIpc) is 2.46. The van der Waals surface area contributed by atoms with E-state index in [9.17, 15) is 0 Å². The van der Waals surface area contributed by atoms with Crippen molar-refractivity contribution in [3.8, 4) is 0 Å². The molecule has 2 rings (SSSR count). The normalized spacial score (nSPS) is 11.4. The highest BCUT2D eigenvalue weighted by molar-refractivity contribution is 5.71. The fraction of sp³-hybridized carbons (Fsp3) is 0.400. The molecule has 2 aromatic rings. The van der Waals surface area contributed by atoms with Gasteiger partial charge in [-0.15, -0.1) is 0 Å². The molecule has 3 heteroatoms. The van der Waals surface area contributed by atoms with Crippen LogP contribution in [0.2, 0.25) is 0 Å². The molecule has 0 aliphatic carbocycles. The molecular formula is C10H13N3. The Balaban J connectivity index is 2.69. The molecule has 3 nitrogen and oxygen atoms in total. The minimum Gasteiger partial charge on any atom is -0.313 e. The van der Waals surface area contributed by atoms with Crippen molar-refractivity contribution in [2.24, 2.45) is 0 Å². The lowest BCUT2D eigenvalue weighted by Gasteiger charge is -2.06. The molecule has 0 saturated carbocycles. The Kier molecular flexibility index (Phi) is 1.79. The molecule has 0 fully saturated rings. The molecular weight excluding hydrogens is 162 g/mol. The quantitative estimate of drug-likeness (QED) is 0.666. The number of rotatable bonds is 1. The van der Waals surface area contributed by atoms with E-state index in [1.165, 1.54) is 0 Å². The molecule has 0 aliphatic heterocycles. The summed E-state index contributed by atoms with van der Waals surface area (Å²) >= 11 is 0. The maximum absolute atomic E-state index is 4.36. The van der Waals surface area contributed by atoms with Gasteiger partial charge in [-0.25, -0.2) is 9.97 Å². The average molecular weight is 175 g/mol. The third kappa shape index (κ3) is 1.30. The van der Waals surface area contributed by atoms with Gasteiger partial charge >= 0.3 is 0 Å². The van der Waals surface area contributed by atoms with Gasteiger partial charge in [-0.2, -0.15) is 0 Å². The molecule has 13 heavy (non-hydrogen) atoms. The summed E-state index contributed by atoms with van der Waals surface area (Å²) in [7, 11) is 0. The minimum absolute atomic E-state index is 0.417. The molecule has 2 heterocycles. The van der Waals surface area contributed by atoms with Crippen LogP contribution in [0.1, 0.15) is 25.5 Å². The minimum atomic E-state index is 0.417. The Morgan fingerprint density at radius 2 is 2.08 bits per heavy atom. The lowest BCUT2D eigenvalue weighted by Crippen LogP contribution is -1.99. The molecule has 0 aromatic carbocycles. The van der Waals surface area contributed by atoms with Gasteiger partial charge in [-0.1, -0.05) is 0 Å². The first kappa shape index (κ1) is 8.23. The molecule has 0 aliphatic rings.